The Balaban J connectivity index is 2.56. The summed E-state index contributed by atoms with van der Waals surface area (Å²) in [5.74, 6) is 1.48. The van der Waals surface area contributed by atoms with E-state index >= 15 is 0 Å². The van der Waals surface area contributed by atoms with Crippen molar-refractivity contribution in [3.8, 4) is 0 Å². The van der Waals surface area contributed by atoms with Gasteiger partial charge in [0, 0.05) is 18.1 Å². The molecule has 0 aliphatic rings. The summed E-state index contributed by atoms with van der Waals surface area (Å²) in [6, 6.07) is 4.38. The second-order valence-electron chi connectivity index (χ2n) is 5.94. The molecule has 116 valence electrons. The molecule has 0 radical (unpaired) electrons. The van der Waals surface area contributed by atoms with Crippen LogP contribution in [0, 0.1) is 6.92 Å². The molecule has 2 rings (SSSR count). The number of fused-ring (bicyclic) bond motifs is 1. The zero-order valence-corrected chi connectivity index (χ0v) is 13.9. The predicted octanol–water partition coefficient (Wildman–Crippen LogP) is 4.51. The Hall–Kier alpha value is -1.32. The lowest BCUT2D eigenvalue weighted by Crippen LogP contribution is -2.14. The lowest BCUT2D eigenvalue weighted by Gasteiger charge is -2.10. The number of furan rings is 1. The van der Waals surface area contributed by atoms with E-state index in [1.165, 1.54) is 22.1 Å². The molecule has 0 fully saturated rings. The van der Waals surface area contributed by atoms with Crippen LogP contribution in [-0.2, 0) is 17.9 Å². The van der Waals surface area contributed by atoms with Gasteiger partial charge in [-0.1, -0.05) is 32.9 Å². The normalized spacial score (nSPS) is 11.7. The first-order valence-electron chi connectivity index (χ1n) is 7.83. The van der Waals surface area contributed by atoms with Crippen LogP contribution in [0.3, 0.4) is 0 Å². The monoisotopic (exact) mass is 289 g/mol. The number of hydrogen-bond donors (Lipinski definition) is 1. The van der Waals surface area contributed by atoms with Crippen LogP contribution in [0.15, 0.2) is 16.5 Å². The van der Waals surface area contributed by atoms with Gasteiger partial charge in [0.05, 0.1) is 13.2 Å². The first-order valence-corrected chi connectivity index (χ1v) is 7.83. The average Bonchev–Trinajstić information content (AvgIpc) is 2.80. The Bertz CT molecular complexity index is 599. The van der Waals surface area contributed by atoms with E-state index in [0.29, 0.717) is 12.5 Å². The highest BCUT2D eigenvalue weighted by Gasteiger charge is 2.19. The number of ether oxygens (including phenoxy) is 1. The molecule has 3 heteroatoms. The van der Waals surface area contributed by atoms with Gasteiger partial charge in [0.2, 0.25) is 0 Å². The summed E-state index contributed by atoms with van der Waals surface area (Å²) < 4.78 is 11.6. The zero-order valence-electron chi connectivity index (χ0n) is 13.9. The topological polar surface area (TPSA) is 34.4 Å². The average molecular weight is 289 g/mol. The second-order valence-corrected chi connectivity index (χ2v) is 5.94. The summed E-state index contributed by atoms with van der Waals surface area (Å²) in [5, 5.41) is 4.68. The molecule has 1 aromatic heterocycles. The number of rotatable bonds is 7. The molecular weight excluding hydrogens is 262 g/mol. The van der Waals surface area contributed by atoms with Crippen molar-refractivity contribution < 1.29 is 9.15 Å². The number of methoxy groups -OCH3 is 1. The summed E-state index contributed by atoms with van der Waals surface area (Å²) in [6.45, 7) is 11.1. The van der Waals surface area contributed by atoms with E-state index in [4.69, 9.17) is 9.15 Å². The first-order chi connectivity index (χ1) is 10.1. The van der Waals surface area contributed by atoms with Gasteiger partial charge in [-0.05, 0) is 36.9 Å². The first kappa shape index (κ1) is 16.1. The van der Waals surface area contributed by atoms with Crippen molar-refractivity contribution in [1.82, 2.24) is 5.32 Å². The van der Waals surface area contributed by atoms with Crippen molar-refractivity contribution >= 4 is 11.0 Å². The SMILES string of the molecule is CCCNCc1oc2c(C)ccc(C(C)C)c2c1COC. The molecule has 2 aromatic rings. The quantitative estimate of drug-likeness (QED) is 0.761. The minimum absolute atomic E-state index is 0.470. The number of aryl methyl sites for hydroxylation is 1. The van der Waals surface area contributed by atoms with Gasteiger partial charge in [-0.2, -0.15) is 0 Å². The summed E-state index contributed by atoms with van der Waals surface area (Å²) in [7, 11) is 1.74. The van der Waals surface area contributed by atoms with Crippen molar-refractivity contribution in [3.05, 3.63) is 34.6 Å². The Morgan fingerprint density at radius 3 is 2.67 bits per heavy atom. The van der Waals surface area contributed by atoms with Gasteiger partial charge in [-0.3, -0.25) is 0 Å². The number of nitrogens with one attached hydrogen (secondary N) is 1. The van der Waals surface area contributed by atoms with E-state index < -0.39 is 0 Å². The third-order valence-electron chi connectivity index (χ3n) is 3.87. The Labute approximate surface area is 127 Å². The Morgan fingerprint density at radius 2 is 2.05 bits per heavy atom. The molecule has 0 unspecified atom stereocenters. The van der Waals surface area contributed by atoms with Crippen LogP contribution in [0.5, 0.6) is 0 Å². The lowest BCUT2D eigenvalue weighted by atomic mass is 9.94. The third-order valence-corrected chi connectivity index (χ3v) is 3.87. The van der Waals surface area contributed by atoms with Gasteiger partial charge in [-0.15, -0.1) is 0 Å². The van der Waals surface area contributed by atoms with Crippen LogP contribution >= 0.6 is 0 Å². The molecule has 1 heterocycles. The van der Waals surface area contributed by atoms with E-state index in [2.05, 4.69) is 45.1 Å². The molecule has 0 bridgehead atoms. The fourth-order valence-corrected chi connectivity index (χ4v) is 2.77. The van der Waals surface area contributed by atoms with Crippen LogP contribution in [0.25, 0.3) is 11.0 Å². The maximum Gasteiger partial charge on any atom is 0.137 e. The largest absolute Gasteiger partial charge is 0.459 e. The summed E-state index contributed by atoms with van der Waals surface area (Å²) in [4.78, 5) is 0. The molecule has 0 amide bonds. The Kier molecular flexibility index (Phi) is 5.43. The molecule has 0 saturated heterocycles. The van der Waals surface area contributed by atoms with Crippen LogP contribution in [-0.4, -0.2) is 13.7 Å². The standard InChI is InChI=1S/C18H27NO2/c1-6-9-19-10-16-15(11-20-5)17-14(12(2)3)8-7-13(4)18(17)21-16/h7-8,12,19H,6,9-11H2,1-5H3. The van der Waals surface area contributed by atoms with Crippen LogP contribution in [0.2, 0.25) is 0 Å². The molecule has 3 nitrogen and oxygen atoms in total. The zero-order chi connectivity index (χ0) is 15.4. The van der Waals surface area contributed by atoms with Crippen molar-refractivity contribution in [2.24, 2.45) is 0 Å². The molecule has 0 aliphatic heterocycles. The molecule has 0 spiro atoms. The van der Waals surface area contributed by atoms with Gasteiger partial charge < -0.3 is 14.5 Å². The highest BCUT2D eigenvalue weighted by Crippen LogP contribution is 2.35. The third kappa shape index (κ3) is 3.30. The van der Waals surface area contributed by atoms with E-state index in [1.807, 2.05) is 0 Å². The number of benzene rings is 1. The molecule has 0 saturated carbocycles. The van der Waals surface area contributed by atoms with E-state index in [9.17, 15) is 0 Å². The minimum atomic E-state index is 0.470. The van der Waals surface area contributed by atoms with E-state index in [-0.39, 0.29) is 0 Å². The predicted molar refractivity (Wildman–Crippen MR) is 87.8 cm³/mol. The van der Waals surface area contributed by atoms with E-state index in [1.54, 1.807) is 7.11 Å². The van der Waals surface area contributed by atoms with Crippen molar-refractivity contribution in [2.75, 3.05) is 13.7 Å². The van der Waals surface area contributed by atoms with Crippen LogP contribution in [0.1, 0.15) is 55.6 Å². The molecule has 21 heavy (non-hydrogen) atoms. The molecule has 0 aliphatic carbocycles. The van der Waals surface area contributed by atoms with Gasteiger partial charge >= 0.3 is 0 Å². The van der Waals surface area contributed by atoms with Crippen LogP contribution in [0.4, 0.5) is 0 Å². The molecule has 1 N–H and O–H groups in total. The van der Waals surface area contributed by atoms with Gasteiger partial charge in [0.1, 0.15) is 11.3 Å². The summed E-state index contributed by atoms with van der Waals surface area (Å²) >= 11 is 0. The van der Waals surface area contributed by atoms with Gasteiger partial charge in [-0.25, -0.2) is 0 Å². The van der Waals surface area contributed by atoms with Crippen molar-refractivity contribution in [1.29, 1.82) is 0 Å². The fourth-order valence-electron chi connectivity index (χ4n) is 2.77. The maximum atomic E-state index is 6.18. The Morgan fingerprint density at radius 1 is 1.29 bits per heavy atom. The summed E-state index contributed by atoms with van der Waals surface area (Å²) in [5.41, 5.74) is 4.74. The lowest BCUT2D eigenvalue weighted by molar-refractivity contribution is 0.183. The smallest absolute Gasteiger partial charge is 0.137 e. The molecule has 1 aromatic carbocycles. The molecular formula is C18H27NO2. The van der Waals surface area contributed by atoms with Crippen LogP contribution < -0.4 is 5.32 Å². The highest BCUT2D eigenvalue weighted by atomic mass is 16.5. The molecule has 0 atom stereocenters. The fraction of sp³-hybridized carbons (Fsp3) is 0.556. The van der Waals surface area contributed by atoms with E-state index in [0.717, 1.165) is 30.9 Å². The second kappa shape index (κ2) is 7.10. The summed E-state index contributed by atoms with van der Waals surface area (Å²) in [6.07, 6.45) is 1.12. The van der Waals surface area contributed by atoms with Gasteiger partial charge in [0.15, 0.2) is 0 Å². The van der Waals surface area contributed by atoms with Gasteiger partial charge in [0.25, 0.3) is 0 Å². The number of hydrogen-bond acceptors (Lipinski definition) is 3. The maximum absolute atomic E-state index is 6.18. The highest BCUT2D eigenvalue weighted by molar-refractivity contribution is 5.88. The van der Waals surface area contributed by atoms with Crippen molar-refractivity contribution in [3.63, 3.8) is 0 Å². The minimum Gasteiger partial charge on any atom is -0.459 e. The van der Waals surface area contributed by atoms with Crippen molar-refractivity contribution in [2.45, 2.75) is 53.2 Å².